The molecule has 2 nitrogen and oxygen atoms in total. The van der Waals surface area contributed by atoms with Crippen LogP contribution in [0.1, 0.15) is 29.7 Å². The first-order valence-electron chi connectivity index (χ1n) is 6.59. The summed E-state index contributed by atoms with van der Waals surface area (Å²) in [4.78, 5) is 4.03. The molecule has 1 atom stereocenters. The van der Waals surface area contributed by atoms with Gasteiger partial charge in [-0.05, 0) is 37.1 Å². The molecule has 0 aliphatic carbocycles. The van der Waals surface area contributed by atoms with Crippen molar-refractivity contribution in [2.75, 3.05) is 6.54 Å². The zero-order chi connectivity index (χ0) is 13.7. The number of aromatic nitrogens is 1. The van der Waals surface area contributed by atoms with E-state index in [9.17, 15) is 0 Å². The van der Waals surface area contributed by atoms with Gasteiger partial charge < -0.3 is 5.32 Å². The number of rotatable bonds is 5. The summed E-state index contributed by atoms with van der Waals surface area (Å²) in [7, 11) is 0. The van der Waals surface area contributed by atoms with Crippen LogP contribution in [0.25, 0.3) is 0 Å². The van der Waals surface area contributed by atoms with Crippen LogP contribution in [0.2, 0.25) is 5.02 Å². The van der Waals surface area contributed by atoms with Crippen molar-refractivity contribution in [3.05, 3.63) is 64.4 Å². The van der Waals surface area contributed by atoms with E-state index in [2.05, 4.69) is 48.4 Å². The molecule has 0 saturated carbocycles. The molecule has 1 aromatic carbocycles. The molecular weight excluding hydrogens is 256 g/mol. The van der Waals surface area contributed by atoms with E-state index in [-0.39, 0.29) is 6.04 Å². The van der Waals surface area contributed by atoms with E-state index in [1.165, 1.54) is 11.1 Å². The quantitative estimate of drug-likeness (QED) is 0.893. The smallest absolute Gasteiger partial charge is 0.0622 e. The second-order valence-corrected chi connectivity index (χ2v) is 5.10. The molecule has 0 saturated heterocycles. The van der Waals surface area contributed by atoms with Crippen molar-refractivity contribution in [2.24, 2.45) is 0 Å². The van der Waals surface area contributed by atoms with E-state index < -0.39 is 0 Å². The minimum atomic E-state index is 0.283. The summed E-state index contributed by atoms with van der Waals surface area (Å²) in [6.45, 7) is 5.16. The van der Waals surface area contributed by atoms with Gasteiger partial charge in [-0.3, -0.25) is 4.98 Å². The van der Waals surface area contributed by atoms with Gasteiger partial charge in [-0.25, -0.2) is 0 Å². The van der Waals surface area contributed by atoms with Crippen molar-refractivity contribution in [1.82, 2.24) is 10.3 Å². The highest BCUT2D eigenvalue weighted by Gasteiger charge is 2.12. The van der Waals surface area contributed by atoms with Crippen LogP contribution in [0, 0.1) is 6.92 Å². The first kappa shape index (κ1) is 14.0. The average molecular weight is 275 g/mol. The van der Waals surface area contributed by atoms with Gasteiger partial charge in [0, 0.05) is 18.4 Å². The average Bonchev–Trinajstić information content (AvgIpc) is 2.42. The van der Waals surface area contributed by atoms with E-state index in [0.29, 0.717) is 0 Å². The number of nitrogens with one attached hydrogen (secondary N) is 1. The highest BCUT2D eigenvalue weighted by molar-refractivity contribution is 6.31. The first-order valence-corrected chi connectivity index (χ1v) is 6.97. The molecule has 0 radical (unpaired) electrons. The van der Waals surface area contributed by atoms with Crippen LogP contribution < -0.4 is 5.32 Å². The lowest BCUT2D eigenvalue weighted by Crippen LogP contribution is -2.23. The van der Waals surface area contributed by atoms with Crippen LogP contribution >= 0.6 is 11.6 Å². The van der Waals surface area contributed by atoms with Crippen molar-refractivity contribution in [3.8, 4) is 0 Å². The van der Waals surface area contributed by atoms with Crippen LogP contribution in [0.15, 0.2) is 42.7 Å². The molecule has 0 bridgehead atoms. The van der Waals surface area contributed by atoms with Crippen LogP contribution in [-0.4, -0.2) is 11.5 Å². The fraction of sp³-hybridized carbons (Fsp3) is 0.312. The van der Waals surface area contributed by atoms with E-state index in [4.69, 9.17) is 11.6 Å². The van der Waals surface area contributed by atoms with Gasteiger partial charge in [0.1, 0.15) is 0 Å². The first-order chi connectivity index (χ1) is 9.20. The Labute approximate surface area is 119 Å². The Morgan fingerprint density at radius 1 is 1.21 bits per heavy atom. The summed E-state index contributed by atoms with van der Waals surface area (Å²) >= 11 is 6.19. The molecule has 1 N–H and O–H groups in total. The molecule has 2 aromatic rings. The Kier molecular flexibility index (Phi) is 4.94. The molecule has 1 unspecified atom stereocenters. The zero-order valence-electron chi connectivity index (χ0n) is 11.4. The maximum Gasteiger partial charge on any atom is 0.0622 e. The predicted octanol–water partition coefficient (Wildman–Crippen LogP) is 3.94. The number of halogens is 1. The molecule has 1 heterocycles. The fourth-order valence-corrected chi connectivity index (χ4v) is 2.34. The number of hydrogen-bond acceptors (Lipinski definition) is 2. The van der Waals surface area contributed by atoms with E-state index in [0.717, 1.165) is 23.6 Å². The number of aryl methyl sites for hydroxylation is 1. The fourth-order valence-electron chi connectivity index (χ4n) is 2.14. The maximum absolute atomic E-state index is 6.19. The van der Waals surface area contributed by atoms with Gasteiger partial charge in [0.2, 0.25) is 0 Å². The zero-order valence-corrected chi connectivity index (χ0v) is 12.1. The Bertz CT molecular complexity index is 523. The second-order valence-electron chi connectivity index (χ2n) is 4.69. The van der Waals surface area contributed by atoms with Crippen LogP contribution in [0.5, 0.6) is 0 Å². The molecule has 2 rings (SSSR count). The Morgan fingerprint density at radius 2 is 1.95 bits per heavy atom. The lowest BCUT2D eigenvalue weighted by molar-refractivity contribution is 0.549. The number of likely N-dealkylation sites (N-methyl/N-ethyl adjacent to an activating group) is 1. The van der Waals surface area contributed by atoms with Gasteiger partial charge in [-0.2, -0.15) is 0 Å². The largest absolute Gasteiger partial charge is 0.310 e. The minimum Gasteiger partial charge on any atom is -0.310 e. The van der Waals surface area contributed by atoms with Crippen LogP contribution in [0.3, 0.4) is 0 Å². The Hall–Kier alpha value is -1.38. The highest BCUT2D eigenvalue weighted by atomic mass is 35.5. The van der Waals surface area contributed by atoms with Crippen LogP contribution in [0.4, 0.5) is 0 Å². The van der Waals surface area contributed by atoms with Crippen molar-refractivity contribution >= 4 is 11.6 Å². The summed E-state index contributed by atoms with van der Waals surface area (Å²) in [5.41, 5.74) is 3.70. The van der Waals surface area contributed by atoms with Gasteiger partial charge in [0.15, 0.2) is 0 Å². The Morgan fingerprint density at radius 3 is 2.58 bits per heavy atom. The summed E-state index contributed by atoms with van der Waals surface area (Å²) in [6, 6.07) is 10.9. The normalized spacial score (nSPS) is 12.4. The Balaban J connectivity index is 2.21. The number of nitrogens with zero attached hydrogens (tertiary/aromatic N) is 1. The second kappa shape index (κ2) is 6.69. The molecule has 19 heavy (non-hydrogen) atoms. The third-order valence-corrected chi connectivity index (χ3v) is 3.55. The summed E-state index contributed by atoms with van der Waals surface area (Å²) < 4.78 is 0. The van der Waals surface area contributed by atoms with Crippen LogP contribution in [-0.2, 0) is 6.42 Å². The van der Waals surface area contributed by atoms with Crippen molar-refractivity contribution < 1.29 is 0 Å². The van der Waals surface area contributed by atoms with E-state index in [1.54, 1.807) is 12.4 Å². The number of hydrogen-bond donors (Lipinski definition) is 1. The predicted molar refractivity (Wildman–Crippen MR) is 80.5 cm³/mol. The molecule has 0 aliphatic heterocycles. The van der Waals surface area contributed by atoms with E-state index in [1.807, 2.05) is 6.07 Å². The molecule has 0 aliphatic rings. The third kappa shape index (κ3) is 3.79. The summed E-state index contributed by atoms with van der Waals surface area (Å²) in [5, 5.41) is 4.25. The molecule has 100 valence electrons. The van der Waals surface area contributed by atoms with Crippen molar-refractivity contribution in [2.45, 2.75) is 26.3 Å². The van der Waals surface area contributed by atoms with E-state index >= 15 is 0 Å². The van der Waals surface area contributed by atoms with Gasteiger partial charge in [0.25, 0.3) is 0 Å². The molecule has 0 fully saturated rings. The molecule has 3 heteroatoms. The summed E-state index contributed by atoms with van der Waals surface area (Å²) in [6.07, 6.45) is 4.37. The molecular formula is C16H19ClN2. The standard InChI is InChI=1S/C16H19ClN2/c1-3-19-16(13-6-4-12(2)5-7-13)10-14-8-9-18-11-15(14)17/h4-9,11,16,19H,3,10H2,1-2H3. The number of benzene rings is 1. The highest BCUT2D eigenvalue weighted by Crippen LogP contribution is 2.23. The molecule has 1 aromatic heterocycles. The van der Waals surface area contributed by atoms with Gasteiger partial charge >= 0.3 is 0 Å². The van der Waals surface area contributed by atoms with Gasteiger partial charge in [-0.15, -0.1) is 0 Å². The lowest BCUT2D eigenvalue weighted by Gasteiger charge is -2.19. The third-order valence-electron chi connectivity index (χ3n) is 3.21. The monoisotopic (exact) mass is 274 g/mol. The topological polar surface area (TPSA) is 24.9 Å². The minimum absolute atomic E-state index is 0.283. The molecule has 0 spiro atoms. The van der Waals surface area contributed by atoms with Gasteiger partial charge in [-0.1, -0.05) is 48.4 Å². The summed E-state index contributed by atoms with van der Waals surface area (Å²) in [5.74, 6) is 0. The van der Waals surface area contributed by atoms with Crippen molar-refractivity contribution in [1.29, 1.82) is 0 Å². The van der Waals surface area contributed by atoms with Crippen molar-refractivity contribution in [3.63, 3.8) is 0 Å². The van der Waals surface area contributed by atoms with Gasteiger partial charge in [0.05, 0.1) is 5.02 Å². The lowest BCUT2D eigenvalue weighted by atomic mass is 9.98. The SMILES string of the molecule is CCNC(Cc1ccncc1Cl)c1ccc(C)cc1. The number of pyridine rings is 1. The molecule has 0 amide bonds. The maximum atomic E-state index is 6.19.